The first-order valence-corrected chi connectivity index (χ1v) is 9.16. The Bertz CT molecular complexity index is 796. The summed E-state index contributed by atoms with van der Waals surface area (Å²) in [6.45, 7) is 4.75. The first-order valence-electron chi connectivity index (χ1n) is 9.16. The molecule has 2 aromatic rings. The third-order valence-electron chi connectivity index (χ3n) is 5.27. The molecule has 1 aromatic carbocycles. The fraction of sp³-hybridized carbons (Fsp3) is 0.500. The summed E-state index contributed by atoms with van der Waals surface area (Å²) in [5.41, 5.74) is 2.56. The van der Waals surface area contributed by atoms with Crippen molar-refractivity contribution >= 4 is 16.6 Å². The van der Waals surface area contributed by atoms with Crippen LogP contribution in [0.25, 0.3) is 10.9 Å². The lowest BCUT2D eigenvalue weighted by molar-refractivity contribution is -0.0169. The summed E-state index contributed by atoms with van der Waals surface area (Å²) in [7, 11) is 0. The first kappa shape index (κ1) is 16.3. The average molecular weight is 336 g/mol. The van der Waals surface area contributed by atoms with Crippen molar-refractivity contribution in [2.45, 2.75) is 44.4 Å². The maximum Gasteiger partial charge on any atom is 0.101 e. The Morgan fingerprint density at radius 1 is 1.32 bits per heavy atom. The van der Waals surface area contributed by atoms with Crippen molar-refractivity contribution in [3.05, 3.63) is 36.0 Å². The van der Waals surface area contributed by atoms with Gasteiger partial charge in [0.25, 0.3) is 0 Å². The Morgan fingerprint density at radius 2 is 2.20 bits per heavy atom. The molecule has 2 aliphatic rings. The predicted molar refractivity (Wildman–Crippen MR) is 98.6 cm³/mol. The highest BCUT2D eigenvalue weighted by Crippen LogP contribution is 2.30. The molecule has 1 aliphatic heterocycles. The zero-order chi connectivity index (χ0) is 17.2. The van der Waals surface area contributed by atoms with E-state index in [1.54, 1.807) is 6.20 Å². The number of anilines is 1. The third-order valence-corrected chi connectivity index (χ3v) is 5.27. The molecule has 0 bridgehead atoms. The van der Waals surface area contributed by atoms with Crippen LogP contribution in [0.2, 0.25) is 0 Å². The summed E-state index contributed by atoms with van der Waals surface area (Å²) in [4.78, 5) is 6.81. The summed E-state index contributed by atoms with van der Waals surface area (Å²) in [6, 6.07) is 10.8. The Morgan fingerprint density at radius 3 is 2.96 bits per heavy atom. The highest BCUT2D eigenvalue weighted by atomic mass is 16.5. The molecule has 1 N–H and O–H groups in total. The highest BCUT2D eigenvalue weighted by Gasteiger charge is 2.28. The number of benzene rings is 1. The molecule has 2 atom stereocenters. The lowest BCUT2D eigenvalue weighted by Gasteiger charge is -2.40. The van der Waals surface area contributed by atoms with Crippen LogP contribution in [0.4, 0.5) is 5.69 Å². The van der Waals surface area contributed by atoms with Crippen LogP contribution in [0.1, 0.15) is 31.7 Å². The number of ether oxygens (including phenoxy) is 1. The summed E-state index contributed by atoms with van der Waals surface area (Å²) in [5.74, 6) is 0. The second kappa shape index (κ2) is 6.99. The Kier molecular flexibility index (Phi) is 4.56. The molecule has 2 fully saturated rings. The van der Waals surface area contributed by atoms with Gasteiger partial charge in [-0.3, -0.25) is 4.98 Å². The molecule has 5 heteroatoms. The normalized spacial score (nSPS) is 24.1. The van der Waals surface area contributed by atoms with E-state index in [1.807, 2.05) is 12.1 Å². The SMILES string of the molecule is C[C@@H]1CN(c2ccc(C#N)c3ncccc23)C[C@H](CNC2CCC2)O1. The van der Waals surface area contributed by atoms with Crippen LogP contribution in [-0.4, -0.2) is 42.9 Å². The number of morpholine rings is 1. The number of nitrogens with one attached hydrogen (secondary N) is 1. The molecule has 130 valence electrons. The molecular weight excluding hydrogens is 312 g/mol. The summed E-state index contributed by atoms with van der Waals surface area (Å²) < 4.78 is 6.14. The highest BCUT2D eigenvalue weighted by molar-refractivity contribution is 5.95. The van der Waals surface area contributed by atoms with Gasteiger partial charge in [0.15, 0.2) is 0 Å². The van der Waals surface area contributed by atoms with Crippen LogP contribution >= 0.6 is 0 Å². The van der Waals surface area contributed by atoms with Crippen molar-refractivity contribution in [3.8, 4) is 6.07 Å². The molecule has 0 radical (unpaired) electrons. The van der Waals surface area contributed by atoms with Crippen LogP contribution in [0.3, 0.4) is 0 Å². The van der Waals surface area contributed by atoms with Crippen molar-refractivity contribution in [3.63, 3.8) is 0 Å². The minimum absolute atomic E-state index is 0.185. The second-order valence-electron chi connectivity index (χ2n) is 7.15. The molecule has 1 aliphatic carbocycles. The lowest BCUT2D eigenvalue weighted by atomic mass is 9.93. The van der Waals surface area contributed by atoms with E-state index >= 15 is 0 Å². The van der Waals surface area contributed by atoms with Crippen LogP contribution in [0.15, 0.2) is 30.5 Å². The average Bonchev–Trinajstić information content (AvgIpc) is 2.59. The molecule has 0 spiro atoms. The molecular formula is C20H24N4O. The molecule has 0 unspecified atom stereocenters. The predicted octanol–water partition coefficient (Wildman–Crippen LogP) is 2.84. The monoisotopic (exact) mass is 336 g/mol. The van der Waals surface area contributed by atoms with Crippen molar-refractivity contribution in [2.24, 2.45) is 0 Å². The number of hydrogen-bond acceptors (Lipinski definition) is 5. The van der Waals surface area contributed by atoms with E-state index in [0.717, 1.165) is 36.2 Å². The number of nitrogens with zero attached hydrogens (tertiary/aromatic N) is 3. The number of pyridine rings is 1. The topological polar surface area (TPSA) is 61.2 Å². The van der Waals surface area contributed by atoms with E-state index < -0.39 is 0 Å². The number of fused-ring (bicyclic) bond motifs is 1. The molecule has 4 rings (SSSR count). The van der Waals surface area contributed by atoms with Gasteiger partial charge in [-0.15, -0.1) is 0 Å². The van der Waals surface area contributed by atoms with Gasteiger partial charge in [-0.25, -0.2) is 0 Å². The van der Waals surface area contributed by atoms with Gasteiger partial charge in [-0.05, 0) is 44.0 Å². The van der Waals surface area contributed by atoms with E-state index in [9.17, 15) is 5.26 Å². The van der Waals surface area contributed by atoms with Gasteiger partial charge in [0.05, 0.1) is 23.3 Å². The maximum atomic E-state index is 9.34. The molecule has 25 heavy (non-hydrogen) atoms. The van der Waals surface area contributed by atoms with Crippen molar-refractivity contribution in [1.82, 2.24) is 10.3 Å². The first-order chi connectivity index (χ1) is 12.2. The van der Waals surface area contributed by atoms with E-state index in [-0.39, 0.29) is 12.2 Å². The Labute approximate surface area is 148 Å². The Hall–Kier alpha value is -2.16. The van der Waals surface area contributed by atoms with Crippen LogP contribution in [0.5, 0.6) is 0 Å². The lowest BCUT2D eigenvalue weighted by Crippen LogP contribution is -2.52. The van der Waals surface area contributed by atoms with Crippen LogP contribution in [0, 0.1) is 11.3 Å². The summed E-state index contributed by atoms with van der Waals surface area (Å²) in [5, 5.41) is 14.0. The van der Waals surface area contributed by atoms with Gasteiger partial charge in [-0.2, -0.15) is 5.26 Å². The van der Waals surface area contributed by atoms with E-state index in [2.05, 4.69) is 40.3 Å². The van der Waals surface area contributed by atoms with Gasteiger partial charge in [0.2, 0.25) is 0 Å². The fourth-order valence-electron chi connectivity index (χ4n) is 3.79. The molecule has 1 saturated carbocycles. The van der Waals surface area contributed by atoms with Crippen LogP contribution < -0.4 is 10.2 Å². The second-order valence-corrected chi connectivity index (χ2v) is 7.15. The van der Waals surface area contributed by atoms with Crippen molar-refractivity contribution < 1.29 is 4.74 Å². The molecule has 5 nitrogen and oxygen atoms in total. The van der Waals surface area contributed by atoms with Crippen LogP contribution in [-0.2, 0) is 4.74 Å². The standard InChI is InChI=1S/C20H24N4O/c1-14-12-24(13-17(25-14)11-23-16-4-2-5-16)19-8-7-15(10-21)20-18(19)6-3-9-22-20/h3,6-9,14,16-17,23H,2,4-5,11-13H2,1H3/t14-,17+/m1/s1. The molecule has 1 aromatic heterocycles. The van der Waals surface area contributed by atoms with Gasteiger partial charge < -0.3 is 15.0 Å². The van der Waals surface area contributed by atoms with Gasteiger partial charge in [-0.1, -0.05) is 6.42 Å². The minimum atomic E-state index is 0.185. The zero-order valence-corrected chi connectivity index (χ0v) is 14.6. The maximum absolute atomic E-state index is 9.34. The number of rotatable bonds is 4. The van der Waals surface area contributed by atoms with E-state index in [1.165, 1.54) is 19.3 Å². The third kappa shape index (κ3) is 3.33. The van der Waals surface area contributed by atoms with Crippen molar-refractivity contribution in [1.29, 1.82) is 5.26 Å². The largest absolute Gasteiger partial charge is 0.370 e. The van der Waals surface area contributed by atoms with Gasteiger partial charge in [0, 0.05) is 42.9 Å². The molecule has 1 saturated heterocycles. The summed E-state index contributed by atoms with van der Waals surface area (Å²) in [6.07, 6.45) is 6.04. The minimum Gasteiger partial charge on any atom is -0.370 e. The number of nitriles is 1. The van der Waals surface area contributed by atoms with Gasteiger partial charge in [0.1, 0.15) is 6.07 Å². The smallest absolute Gasteiger partial charge is 0.101 e. The molecule has 2 heterocycles. The zero-order valence-electron chi connectivity index (χ0n) is 14.6. The summed E-state index contributed by atoms with van der Waals surface area (Å²) >= 11 is 0. The fourth-order valence-corrected chi connectivity index (χ4v) is 3.79. The van der Waals surface area contributed by atoms with E-state index in [0.29, 0.717) is 11.6 Å². The quantitative estimate of drug-likeness (QED) is 0.930. The molecule has 0 amide bonds. The van der Waals surface area contributed by atoms with E-state index in [4.69, 9.17) is 4.74 Å². The number of aromatic nitrogens is 1. The number of hydrogen-bond donors (Lipinski definition) is 1. The van der Waals surface area contributed by atoms with Crippen molar-refractivity contribution in [2.75, 3.05) is 24.5 Å². The van der Waals surface area contributed by atoms with Gasteiger partial charge >= 0.3 is 0 Å². The Balaban J connectivity index is 1.57.